The third-order valence-corrected chi connectivity index (χ3v) is 3.16. The number of carbonyl (C=O) groups excluding carboxylic acids is 3. The number of imide groups is 1. The molecule has 0 aromatic heterocycles. The molecule has 1 aliphatic heterocycles. The Morgan fingerprint density at radius 1 is 1.24 bits per heavy atom. The van der Waals surface area contributed by atoms with Crippen molar-refractivity contribution in [1.29, 1.82) is 0 Å². The molecule has 1 heterocycles. The second kappa shape index (κ2) is 5.23. The fourth-order valence-electron chi connectivity index (χ4n) is 1.70. The summed E-state index contributed by atoms with van der Waals surface area (Å²) < 4.78 is 0. The standard InChI is InChI=1S/C12H18N2O3/c1-7(2)8(3)12(17)9(6-13)14-10(15)4-5-11(14)16/h4-5,7-9H,6,13H2,1-3H3/t8?,9-/m0/s1. The number of hydrogen-bond donors (Lipinski definition) is 1. The van der Waals surface area contributed by atoms with E-state index in [-0.39, 0.29) is 24.2 Å². The van der Waals surface area contributed by atoms with Crippen LogP contribution in [0, 0.1) is 11.8 Å². The van der Waals surface area contributed by atoms with Crippen molar-refractivity contribution in [3.05, 3.63) is 12.2 Å². The van der Waals surface area contributed by atoms with Gasteiger partial charge in [-0.3, -0.25) is 19.3 Å². The van der Waals surface area contributed by atoms with E-state index in [2.05, 4.69) is 0 Å². The van der Waals surface area contributed by atoms with Crippen molar-refractivity contribution < 1.29 is 14.4 Å². The molecule has 0 radical (unpaired) electrons. The van der Waals surface area contributed by atoms with Gasteiger partial charge in [-0.1, -0.05) is 20.8 Å². The predicted octanol–water partition coefficient (Wildman–Crippen LogP) is 0.0999. The molecule has 1 rings (SSSR count). The van der Waals surface area contributed by atoms with Gasteiger partial charge in [0.1, 0.15) is 6.04 Å². The van der Waals surface area contributed by atoms with Gasteiger partial charge in [0, 0.05) is 24.6 Å². The van der Waals surface area contributed by atoms with E-state index in [4.69, 9.17) is 5.73 Å². The summed E-state index contributed by atoms with van der Waals surface area (Å²) in [5, 5.41) is 0. The SMILES string of the molecule is CC(C)C(C)C(=O)[C@H](CN)N1C(=O)C=CC1=O. The molecular formula is C12H18N2O3. The minimum absolute atomic E-state index is 0.0327. The highest BCUT2D eigenvalue weighted by Crippen LogP contribution is 2.18. The molecule has 0 aromatic rings. The number of rotatable bonds is 5. The van der Waals surface area contributed by atoms with Gasteiger partial charge in [-0.2, -0.15) is 0 Å². The van der Waals surface area contributed by atoms with Crippen LogP contribution in [0.4, 0.5) is 0 Å². The first-order valence-corrected chi connectivity index (χ1v) is 5.69. The van der Waals surface area contributed by atoms with E-state index in [0.29, 0.717) is 0 Å². The molecule has 1 unspecified atom stereocenters. The lowest BCUT2D eigenvalue weighted by molar-refractivity contribution is -0.145. The Kier molecular flexibility index (Phi) is 4.17. The van der Waals surface area contributed by atoms with Gasteiger partial charge < -0.3 is 5.73 Å². The summed E-state index contributed by atoms with van der Waals surface area (Å²) in [6.07, 6.45) is 2.33. The van der Waals surface area contributed by atoms with E-state index in [9.17, 15) is 14.4 Å². The summed E-state index contributed by atoms with van der Waals surface area (Å²) in [6, 6.07) is -0.845. The summed E-state index contributed by atoms with van der Waals surface area (Å²) in [5.74, 6) is -1.17. The normalized spacial score (nSPS) is 19.0. The molecule has 0 bridgehead atoms. The quantitative estimate of drug-likeness (QED) is 0.689. The van der Waals surface area contributed by atoms with E-state index < -0.39 is 17.9 Å². The molecule has 0 aromatic carbocycles. The van der Waals surface area contributed by atoms with E-state index in [1.807, 2.05) is 13.8 Å². The van der Waals surface area contributed by atoms with E-state index >= 15 is 0 Å². The maximum Gasteiger partial charge on any atom is 0.254 e. The Hall–Kier alpha value is -1.49. The molecule has 2 amide bonds. The van der Waals surface area contributed by atoms with Crippen LogP contribution in [-0.4, -0.2) is 35.1 Å². The molecule has 94 valence electrons. The number of hydrogen-bond acceptors (Lipinski definition) is 4. The first kappa shape index (κ1) is 13.6. The Bertz CT molecular complexity index is 356. The molecule has 5 heteroatoms. The molecule has 17 heavy (non-hydrogen) atoms. The van der Waals surface area contributed by atoms with E-state index in [0.717, 1.165) is 17.1 Å². The first-order valence-electron chi connectivity index (χ1n) is 5.69. The molecule has 2 N–H and O–H groups in total. The largest absolute Gasteiger partial charge is 0.328 e. The molecule has 0 spiro atoms. The monoisotopic (exact) mass is 238 g/mol. The third kappa shape index (κ3) is 2.61. The van der Waals surface area contributed by atoms with Crippen LogP contribution < -0.4 is 5.73 Å². The minimum atomic E-state index is -0.845. The van der Waals surface area contributed by atoms with Crippen LogP contribution in [0.2, 0.25) is 0 Å². The average Bonchev–Trinajstić information content (AvgIpc) is 2.60. The molecule has 5 nitrogen and oxygen atoms in total. The Labute approximate surface area is 101 Å². The number of ketones is 1. The zero-order chi connectivity index (χ0) is 13.2. The highest BCUT2D eigenvalue weighted by Gasteiger charge is 2.37. The number of nitrogens with zero attached hydrogens (tertiary/aromatic N) is 1. The number of carbonyl (C=O) groups is 3. The van der Waals surface area contributed by atoms with Crippen LogP contribution >= 0.6 is 0 Å². The first-order chi connectivity index (χ1) is 7.90. The smallest absolute Gasteiger partial charge is 0.254 e. The lowest BCUT2D eigenvalue weighted by Gasteiger charge is -2.27. The highest BCUT2D eigenvalue weighted by molar-refractivity contribution is 6.15. The second-order valence-corrected chi connectivity index (χ2v) is 4.57. The number of Topliss-reactive ketones (excluding diaryl/α,β-unsaturated/α-hetero) is 1. The average molecular weight is 238 g/mol. The van der Waals surface area contributed by atoms with Gasteiger partial charge in [-0.25, -0.2) is 0 Å². The summed E-state index contributed by atoms with van der Waals surface area (Å²) in [5.41, 5.74) is 5.52. The van der Waals surface area contributed by atoms with Gasteiger partial charge >= 0.3 is 0 Å². The number of nitrogens with two attached hydrogens (primary N) is 1. The Morgan fingerprint density at radius 3 is 2.06 bits per heavy atom. The topological polar surface area (TPSA) is 80.5 Å². The van der Waals surface area contributed by atoms with Crippen molar-refractivity contribution in [3.8, 4) is 0 Å². The lowest BCUT2D eigenvalue weighted by atomic mass is 9.89. The van der Waals surface area contributed by atoms with Crippen molar-refractivity contribution in [3.63, 3.8) is 0 Å². The van der Waals surface area contributed by atoms with Crippen LogP contribution in [0.15, 0.2) is 12.2 Å². The van der Waals surface area contributed by atoms with E-state index in [1.165, 1.54) is 0 Å². The lowest BCUT2D eigenvalue weighted by Crippen LogP contribution is -2.51. The minimum Gasteiger partial charge on any atom is -0.328 e. The second-order valence-electron chi connectivity index (χ2n) is 4.57. The Morgan fingerprint density at radius 2 is 1.71 bits per heavy atom. The van der Waals surface area contributed by atoms with Crippen LogP contribution in [-0.2, 0) is 14.4 Å². The van der Waals surface area contributed by atoms with Gasteiger partial charge in [-0.15, -0.1) is 0 Å². The van der Waals surface area contributed by atoms with Gasteiger partial charge in [0.15, 0.2) is 5.78 Å². The highest BCUT2D eigenvalue weighted by atomic mass is 16.2. The molecule has 0 aliphatic carbocycles. The van der Waals surface area contributed by atoms with Crippen molar-refractivity contribution in [2.75, 3.05) is 6.54 Å². The van der Waals surface area contributed by atoms with Gasteiger partial charge in [0.2, 0.25) is 0 Å². The van der Waals surface area contributed by atoms with Crippen molar-refractivity contribution >= 4 is 17.6 Å². The van der Waals surface area contributed by atoms with Crippen LogP contribution in [0.5, 0.6) is 0 Å². The Balaban J connectivity index is 2.89. The maximum atomic E-state index is 12.1. The molecule has 1 aliphatic rings. The fourth-order valence-corrected chi connectivity index (χ4v) is 1.70. The van der Waals surface area contributed by atoms with Crippen molar-refractivity contribution in [2.24, 2.45) is 17.6 Å². The van der Waals surface area contributed by atoms with Gasteiger partial charge in [0.05, 0.1) is 0 Å². The molecule has 0 saturated carbocycles. The summed E-state index contributed by atoms with van der Waals surface area (Å²) in [6.45, 7) is 5.59. The zero-order valence-electron chi connectivity index (χ0n) is 10.3. The molecule has 0 saturated heterocycles. The summed E-state index contributed by atoms with van der Waals surface area (Å²) >= 11 is 0. The van der Waals surface area contributed by atoms with E-state index in [1.54, 1.807) is 6.92 Å². The van der Waals surface area contributed by atoms with Gasteiger partial charge in [0.25, 0.3) is 11.8 Å². The zero-order valence-corrected chi connectivity index (χ0v) is 10.3. The summed E-state index contributed by atoms with van der Waals surface area (Å²) in [4.78, 5) is 36.1. The fraction of sp³-hybridized carbons (Fsp3) is 0.583. The number of amides is 2. The third-order valence-electron chi connectivity index (χ3n) is 3.16. The molecule has 2 atom stereocenters. The summed E-state index contributed by atoms with van der Waals surface area (Å²) in [7, 11) is 0. The van der Waals surface area contributed by atoms with Crippen molar-refractivity contribution in [2.45, 2.75) is 26.8 Å². The predicted molar refractivity (Wildman–Crippen MR) is 62.8 cm³/mol. The van der Waals surface area contributed by atoms with Crippen LogP contribution in [0.25, 0.3) is 0 Å². The van der Waals surface area contributed by atoms with Crippen LogP contribution in [0.1, 0.15) is 20.8 Å². The van der Waals surface area contributed by atoms with Crippen molar-refractivity contribution in [1.82, 2.24) is 4.90 Å². The maximum absolute atomic E-state index is 12.1. The van der Waals surface area contributed by atoms with Crippen LogP contribution in [0.3, 0.4) is 0 Å². The van der Waals surface area contributed by atoms with Gasteiger partial charge in [-0.05, 0) is 5.92 Å². The molecule has 0 fully saturated rings. The molecular weight excluding hydrogens is 220 g/mol.